The second-order valence-electron chi connectivity index (χ2n) is 5.41. The van der Waals surface area contributed by atoms with E-state index in [4.69, 9.17) is 5.11 Å². The number of aliphatic carboxylic acids is 1. The lowest BCUT2D eigenvalue weighted by atomic mass is 10.1. The molecule has 2 nitrogen and oxygen atoms in total. The topological polar surface area (TPSA) is 37.3 Å². The number of allylic oxidation sites excluding steroid dienone is 2. The van der Waals surface area contributed by atoms with Gasteiger partial charge in [-0.2, -0.15) is 11.8 Å². The second kappa shape index (κ2) is 15.9. The highest BCUT2D eigenvalue weighted by molar-refractivity contribution is 7.99. The lowest BCUT2D eigenvalue weighted by Gasteiger charge is -2.04. The molecular weight excluding hydrogens is 286 g/mol. The van der Waals surface area contributed by atoms with E-state index in [0.29, 0.717) is 24.3 Å². The molecule has 0 rings (SSSR count). The minimum atomic E-state index is -0.789. The zero-order valence-electron chi connectivity index (χ0n) is 13.4. The number of unbranched alkanes of at least 4 members (excludes halogenated alkanes) is 6. The molecule has 0 heterocycles. The highest BCUT2D eigenvalue weighted by Crippen LogP contribution is 2.12. The zero-order valence-corrected chi connectivity index (χ0v) is 14.2. The van der Waals surface area contributed by atoms with Gasteiger partial charge >= 0.3 is 5.97 Å². The van der Waals surface area contributed by atoms with Gasteiger partial charge in [0, 0.05) is 5.75 Å². The van der Waals surface area contributed by atoms with E-state index >= 15 is 0 Å². The number of alkyl halides is 1. The third kappa shape index (κ3) is 17.4. The van der Waals surface area contributed by atoms with E-state index in [0.717, 1.165) is 6.42 Å². The predicted molar refractivity (Wildman–Crippen MR) is 90.8 cm³/mol. The molecule has 0 fully saturated rings. The number of carboxylic acid groups (broad SMARTS) is 1. The van der Waals surface area contributed by atoms with Gasteiger partial charge in [0.15, 0.2) is 0 Å². The number of thioether (sulfide) groups is 1. The molecule has 0 aromatic heterocycles. The fraction of sp³-hybridized carbons (Fsp3) is 0.824. The van der Waals surface area contributed by atoms with Crippen LogP contribution in [0.25, 0.3) is 0 Å². The first-order valence-electron chi connectivity index (χ1n) is 8.25. The molecule has 0 saturated heterocycles. The fourth-order valence-corrected chi connectivity index (χ4v) is 2.94. The van der Waals surface area contributed by atoms with Crippen molar-refractivity contribution >= 4 is 17.7 Å². The molecule has 21 heavy (non-hydrogen) atoms. The van der Waals surface area contributed by atoms with Crippen LogP contribution in [0.15, 0.2) is 12.2 Å². The van der Waals surface area contributed by atoms with Gasteiger partial charge in [0.2, 0.25) is 0 Å². The van der Waals surface area contributed by atoms with Crippen LogP contribution in [0.4, 0.5) is 4.39 Å². The van der Waals surface area contributed by atoms with Crippen LogP contribution in [0.2, 0.25) is 0 Å². The Kier molecular flexibility index (Phi) is 15.5. The fourth-order valence-electron chi connectivity index (χ4n) is 1.99. The summed E-state index contributed by atoms with van der Waals surface area (Å²) in [6.07, 6.45) is 13.3. The Morgan fingerprint density at radius 3 is 2.57 bits per heavy atom. The Morgan fingerprint density at radius 2 is 1.86 bits per heavy atom. The lowest BCUT2D eigenvalue weighted by molar-refractivity contribution is -0.136. The third-order valence-electron chi connectivity index (χ3n) is 3.32. The van der Waals surface area contributed by atoms with Crippen molar-refractivity contribution in [2.24, 2.45) is 0 Å². The molecule has 0 spiro atoms. The van der Waals surface area contributed by atoms with Crippen LogP contribution in [-0.4, -0.2) is 28.8 Å². The Bertz CT molecular complexity index is 270. The smallest absolute Gasteiger partial charge is 0.304 e. The summed E-state index contributed by atoms with van der Waals surface area (Å²) in [5.74, 6) is 0.507. The van der Waals surface area contributed by atoms with Crippen molar-refractivity contribution in [1.82, 2.24) is 0 Å². The molecule has 0 aliphatic carbocycles. The molecule has 1 atom stereocenters. The summed E-state index contributed by atoms with van der Waals surface area (Å²) in [7, 11) is 0. The third-order valence-corrected chi connectivity index (χ3v) is 4.34. The summed E-state index contributed by atoms with van der Waals surface area (Å²) < 4.78 is 13.5. The second-order valence-corrected chi connectivity index (χ2v) is 6.63. The van der Waals surface area contributed by atoms with Crippen LogP contribution in [0, 0.1) is 0 Å². The standard InChI is InChI=1S/C17H31FO2S/c1-2-3-4-5-6-7-8-9-10-11-16(18)12-14-21-15-13-17(19)20/h9-10,16H,2-8,11-15H2,1H3,(H,19,20)/b10-9+/i18-1. The van der Waals surface area contributed by atoms with Crippen LogP contribution in [0.5, 0.6) is 0 Å². The summed E-state index contributed by atoms with van der Waals surface area (Å²) in [6.45, 7) is 2.22. The number of rotatable bonds is 15. The molecule has 1 unspecified atom stereocenters. The minimum absolute atomic E-state index is 0.166. The average molecular weight is 318 g/mol. The Hall–Kier alpha value is -0.510. The SMILES string of the molecule is CCCCCCCC/C=C/CC([18F])CCSCCC(=O)O. The first kappa shape index (κ1) is 20.5. The van der Waals surface area contributed by atoms with E-state index in [1.165, 1.54) is 50.3 Å². The predicted octanol–water partition coefficient (Wildman–Crippen LogP) is 5.62. The molecule has 0 aromatic carbocycles. The van der Waals surface area contributed by atoms with Gasteiger partial charge in [0.05, 0.1) is 6.42 Å². The van der Waals surface area contributed by atoms with E-state index < -0.39 is 12.1 Å². The van der Waals surface area contributed by atoms with Gasteiger partial charge in [0.1, 0.15) is 6.17 Å². The molecule has 0 aliphatic rings. The van der Waals surface area contributed by atoms with Crippen LogP contribution in [0.3, 0.4) is 0 Å². The largest absolute Gasteiger partial charge is 0.481 e. The van der Waals surface area contributed by atoms with Crippen LogP contribution in [-0.2, 0) is 4.79 Å². The zero-order chi connectivity index (χ0) is 15.8. The van der Waals surface area contributed by atoms with Crippen molar-refractivity contribution in [3.8, 4) is 0 Å². The normalized spacial score (nSPS) is 12.9. The molecule has 124 valence electrons. The molecule has 0 bridgehead atoms. The molecule has 1 N–H and O–H groups in total. The lowest BCUT2D eigenvalue weighted by Crippen LogP contribution is -2.01. The summed E-state index contributed by atoms with van der Waals surface area (Å²) in [5, 5.41) is 8.47. The molecule has 0 radical (unpaired) electrons. The van der Waals surface area contributed by atoms with E-state index in [1.807, 2.05) is 6.08 Å². The molecule has 0 amide bonds. The van der Waals surface area contributed by atoms with Gasteiger partial charge in [-0.1, -0.05) is 51.2 Å². The van der Waals surface area contributed by atoms with Crippen molar-refractivity contribution in [2.45, 2.75) is 77.3 Å². The van der Waals surface area contributed by atoms with Gasteiger partial charge in [-0.3, -0.25) is 4.79 Å². The summed E-state index contributed by atoms with van der Waals surface area (Å²) in [4.78, 5) is 10.3. The molecular formula is C17H31FO2S. The van der Waals surface area contributed by atoms with Gasteiger partial charge in [0.25, 0.3) is 0 Å². The summed E-state index contributed by atoms with van der Waals surface area (Å²) in [6, 6.07) is 0. The van der Waals surface area contributed by atoms with Crippen LogP contribution in [0.1, 0.15) is 71.1 Å². The maximum atomic E-state index is 13.5. The highest BCUT2D eigenvalue weighted by atomic mass is 32.2. The van der Waals surface area contributed by atoms with Crippen molar-refractivity contribution in [3.05, 3.63) is 12.2 Å². The molecule has 4 heteroatoms. The van der Waals surface area contributed by atoms with E-state index in [1.54, 1.807) is 0 Å². The van der Waals surface area contributed by atoms with Crippen LogP contribution < -0.4 is 0 Å². The summed E-state index contributed by atoms with van der Waals surface area (Å²) >= 11 is 1.52. The maximum absolute atomic E-state index is 13.5. The monoisotopic (exact) mass is 317 g/mol. The van der Waals surface area contributed by atoms with E-state index in [9.17, 15) is 9.18 Å². The number of carbonyl (C=O) groups is 1. The molecule has 0 saturated carbocycles. The first-order valence-corrected chi connectivity index (χ1v) is 9.40. The van der Waals surface area contributed by atoms with Gasteiger partial charge < -0.3 is 5.11 Å². The summed E-state index contributed by atoms with van der Waals surface area (Å²) in [5.41, 5.74) is 0. The van der Waals surface area contributed by atoms with E-state index in [2.05, 4.69) is 13.0 Å². The molecule has 0 aliphatic heterocycles. The van der Waals surface area contributed by atoms with Crippen molar-refractivity contribution in [3.63, 3.8) is 0 Å². The Labute approximate surface area is 133 Å². The number of carboxylic acids is 1. The average Bonchev–Trinajstić information content (AvgIpc) is 2.45. The maximum Gasteiger partial charge on any atom is 0.304 e. The van der Waals surface area contributed by atoms with Crippen molar-refractivity contribution < 1.29 is 14.3 Å². The van der Waals surface area contributed by atoms with Crippen LogP contribution >= 0.6 is 11.8 Å². The Balaban J connectivity index is 3.29. The van der Waals surface area contributed by atoms with Gasteiger partial charge in [-0.25, -0.2) is 4.39 Å². The van der Waals surface area contributed by atoms with Crippen molar-refractivity contribution in [2.75, 3.05) is 11.5 Å². The van der Waals surface area contributed by atoms with Crippen molar-refractivity contribution in [1.29, 1.82) is 0 Å². The van der Waals surface area contributed by atoms with Gasteiger partial charge in [-0.15, -0.1) is 0 Å². The molecule has 0 aromatic rings. The minimum Gasteiger partial charge on any atom is -0.481 e. The number of hydrogen-bond donors (Lipinski definition) is 1. The van der Waals surface area contributed by atoms with E-state index in [-0.39, 0.29) is 6.42 Å². The van der Waals surface area contributed by atoms with Gasteiger partial charge in [-0.05, 0) is 31.4 Å². The number of halogens is 1. The Morgan fingerprint density at radius 1 is 1.14 bits per heavy atom. The highest BCUT2D eigenvalue weighted by Gasteiger charge is 2.04. The number of hydrogen-bond acceptors (Lipinski definition) is 2. The first-order chi connectivity index (χ1) is 10.2. The quantitative estimate of drug-likeness (QED) is 0.314.